The third-order valence-electron chi connectivity index (χ3n) is 2.62. The van der Waals surface area contributed by atoms with Gasteiger partial charge in [0.25, 0.3) is 0 Å². The summed E-state index contributed by atoms with van der Waals surface area (Å²) in [5.41, 5.74) is -1.99. The number of carbonyl (C=O) groups excluding carboxylic acids is 1. The van der Waals surface area contributed by atoms with Crippen LogP contribution in [0.3, 0.4) is 0 Å². The molecule has 2 rings (SSSR count). The van der Waals surface area contributed by atoms with E-state index in [0.717, 1.165) is 18.2 Å². The monoisotopic (exact) mass is 286 g/mol. The van der Waals surface area contributed by atoms with Gasteiger partial charge in [-0.25, -0.2) is 8.78 Å². The molecular formula is C14H7F5O. The van der Waals surface area contributed by atoms with Crippen LogP contribution in [0.5, 0.6) is 0 Å². The highest BCUT2D eigenvalue weighted by Crippen LogP contribution is 2.32. The van der Waals surface area contributed by atoms with Crippen LogP contribution in [0, 0.1) is 11.6 Å². The summed E-state index contributed by atoms with van der Waals surface area (Å²) in [4.78, 5) is 11.9. The minimum absolute atomic E-state index is 0.107. The Balaban J connectivity index is 2.46. The van der Waals surface area contributed by atoms with Crippen LogP contribution in [-0.4, -0.2) is 5.78 Å². The van der Waals surface area contributed by atoms with E-state index in [4.69, 9.17) is 0 Å². The first-order valence-corrected chi connectivity index (χ1v) is 5.46. The first-order valence-electron chi connectivity index (χ1n) is 5.46. The molecule has 104 valence electrons. The van der Waals surface area contributed by atoms with Gasteiger partial charge in [-0.2, -0.15) is 13.2 Å². The number of hydrogen-bond acceptors (Lipinski definition) is 1. The fraction of sp³-hybridized carbons (Fsp3) is 0.0714. The number of rotatable bonds is 2. The molecule has 0 saturated heterocycles. The summed E-state index contributed by atoms with van der Waals surface area (Å²) in [6.45, 7) is 0. The predicted octanol–water partition coefficient (Wildman–Crippen LogP) is 4.21. The van der Waals surface area contributed by atoms with Crippen molar-refractivity contribution in [2.75, 3.05) is 0 Å². The van der Waals surface area contributed by atoms with Gasteiger partial charge >= 0.3 is 6.18 Å². The minimum atomic E-state index is -4.90. The van der Waals surface area contributed by atoms with Crippen molar-refractivity contribution >= 4 is 5.78 Å². The van der Waals surface area contributed by atoms with E-state index in [1.807, 2.05) is 0 Å². The van der Waals surface area contributed by atoms with Gasteiger partial charge in [0.15, 0.2) is 5.78 Å². The highest BCUT2D eigenvalue weighted by Gasteiger charge is 2.34. The molecule has 0 saturated carbocycles. The Morgan fingerprint density at radius 1 is 0.900 bits per heavy atom. The van der Waals surface area contributed by atoms with E-state index < -0.39 is 29.2 Å². The van der Waals surface area contributed by atoms with Crippen molar-refractivity contribution in [3.05, 3.63) is 70.8 Å². The average Bonchev–Trinajstić information content (AvgIpc) is 2.37. The van der Waals surface area contributed by atoms with Gasteiger partial charge in [0.2, 0.25) is 0 Å². The van der Waals surface area contributed by atoms with Crippen molar-refractivity contribution in [3.63, 3.8) is 0 Å². The molecule has 0 radical (unpaired) electrons. The highest BCUT2D eigenvalue weighted by atomic mass is 19.4. The van der Waals surface area contributed by atoms with Crippen LogP contribution >= 0.6 is 0 Å². The SMILES string of the molecule is O=C(c1cccc(F)c1)c1ccc(F)c(C(F)(F)F)c1. The van der Waals surface area contributed by atoms with Crippen LogP contribution in [0.15, 0.2) is 42.5 Å². The fourth-order valence-electron chi connectivity index (χ4n) is 1.68. The standard InChI is InChI=1S/C14H7F5O/c15-10-3-1-2-8(6-10)13(20)9-4-5-12(16)11(7-9)14(17,18)19/h1-7H. The molecule has 0 spiro atoms. The first kappa shape index (κ1) is 14.2. The summed E-state index contributed by atoms with van der Waals surface area (Å²) in [5.74, 6) is -2.96. The molecule has 0 aliphatic rings. The van der Waals surface area contributed by atoms with E-state index in [0.29, 0.717) is 12.1 Å². The number of halogens is 5. The maximum atomic E-state index is 13.1. The minimum Gasteiger partial charge on any atom is -0.289 e. The molecule has 2 aromatic carbocycles. The maximum Gasteiger partial charge on any atom is 0.419 e. The second-order valence-corrected chi connectivity index (χ2v) is 4.03. The molecule has 0 N–H and O–H groups in total. The molecule has 20 heavy (non-hydrogen) atoms. The molecule has 2 aromatic rings. The fourth-order valence-corrected chi connectivity index (χ4v) is 1.68. The Morgan fingerprint density at radius 3 is 2.15 bits per heavy atom. The van der Waals surface area contributed by atoms with E-state index in [9.17, 15) is 26.7 Å². The van der Waals surface area contributed by atoms with Crippen LogP contribution < -0.4 is 0 Å². The molecule has 0 unspecified atom stereocenters. The maximum absolute atomic E-state index is 13.1. The average molecular weight is 286 g/mol. The molecule has 0 amide bonds. The quantitative estimate of drug-likeness (QED) is 0.597. The van der Waals surface area contributed by atoms with E-state index >= 15 is 0 Å². The van der Waals surface area contributed by atoms with Gasteiger partial charge < -0.3 is 0 Å². The van der Waals surface area contributed by atoms with Gasteiger partial charge in [0.1, 0.15) is 11.6 Å². The summed E-state index contributed by atoms with van der Waals surface area (Å²) in [7, 11) is 0. The van der Waals surface area contributed by atoms with Crippen LogP contribution in [-0.2, 0) is 6.18 Å². The van der Waals surface area contributed by atoms with Crippen molar-refractivity contribution in [2.24, 2.45) is 0 Å². The lowest BCUT2D eigenvalue weighted by molar-refractivity contribution is -0.140. The van der Waals surface area contributed by atoms with Crippen LogP contribution in [0.25, 0.3) is 0 Å². The van der Waals surface area contributed by atoms with Crippen LogP contribution in [0.2, 0.25) is 0 Å². The van der Waals surface area contributed by atoms with E-state index in [2.05, 4.69) is 0 Å². The summed E-state index contributed by atoms with van der Waals surface area (Å²) >= 11 is 0. The molecule has 6 heteroatoms. The van der Waals surface area contributed by atoms with Crippen LogP contribution in [0.1, 0.15) is 21.5 Å². The lowest BCUT2D eigenvalue weighted by atomic mass is 10.0. The van der Waals surface area contributed by atoms with Crippen molar-refractivity contribution in [1.82, 2.24) is 0 Å². The topological polar surface area (TPSA) is 17.1 Å². The van der Waals surface area contributed by atoms with E-state index in [1.54, 1.807) is 0 Å². The molecule has 0 aromatic heterocycles. The van der Waals surface area contributed by atoms with Gasteiger partial charge in [-0.3, -0.25) is 4.79 Å². The smallest absolute Gasteiger partial charge is 0.289 e. The summed E-state index contributed by atoms with van der Waals surface area (Å²) in [6, 6.07) is 6.44. The Hall–Kier alpha value is -2.24. The van der Waals surface area contributed by atoms with Crippen molar-refractivity contribution < 1.29 is 26.7 Å². The highest BCUT2D eigenvalue weighted by molar-refractivity contribution is 6.09. The molecule has 0 heterocycles. The first-order chi connectivity index (χ1) is 9.29. The zero-order valence-electron chi connectivity index (χ0n) is 9.84. The number of ketones is 1. The Bertz CT molecular complexity index is 661. The third-order valence-corrected chi connectivity index (χ3v) is 2.62. The Morgan fingerprint density at radius 2 is 1.55 bits per heavy atom. The Kier molecular flexibility index (Phi) is 3.57. The summed E-state index contributed by atoms with van der Waals surface area (Å²) < 4.78 is 63.7. The number of hydrogen-bond donors (Lipinski definition) is 0. The zero-order valence-corrected chi connectivity index (χ0v) is 9.84. The second kappa shape index (κ2) is 5.03. The van der Waals surface area contributed by atoms with E-state index in [1.165, 1.54) is 12.1 Å². The molecular weight excluding hydrogens is 279 g/mol. The largest absolute Gasteiger partial charge is 0.419 e. The molecule has 1 nitrogen and oxygen atoms in total. The van der Waals surface area contributed by atoms with E-state index in [-0.39, 0.29) is 11.1 Å². The number of alkyl halides is 3. The molecule has 0 aliphatic carbocycles. The molecule has 0 bridgehead atoms. The van der Waals surface area contributed by atoms with Crippen molar-refractivity contribution in [1.29, 1.82) is 0 Å². The van der Waals surface area contributed by atoms with Gasteiger partial charge in [0, 0.05) is 11.1 Å². The lowest BCUT2D eigenvalue weighted by Crippen LogP contribution is -2.11. The predicted molar refractivity (Wildman–Crippen MR) is 61.2 cm³/mol. The summed E-state index contributed by atoms with van der Waals surface area (Å²) in [5, 5.41) is 0. The molecule has 0 fully saturated rings. The van der Waals surface area contributed by atoms with Crippen molar-refractivity contribution in [3.8, 4) is 0 Å². The van der Waals surface area contributed by atoms with Crippen molar-refractivity contribution in [2.45, 2.75) is 6.18 Å². The molecule has 0 aliphatic heterocycles. The Labute approximate surface area is 110 Å². The summed E-state index contributed by atoms with van der Waals surface area (Å²) in [6.07, 6.45) is -4.90. The van der Waals surface area contributed by atoms with Gasteiger partial charge in [-0.05, 0) is 30.3 Å². The lowest BCUT2D eigenvalue weighted by Gasteiger charge is -2.09. The third kappa shape index (κ3) is 2.84. The molecule has 0 atom stereocenters. The number of carbonyl (C=O) groups is 1. The van der Waals surface area contributed by atoms with Gasteiger partial charge in [-0.1, -0.05) is 12.1 Å². The van der Waals surface area contributed by atoms with Gasteiger partial charge in [-0.15, -0.1) is 0 Å². The normalized spacial score (nSPS) is 11.4. The number of benzene rings is 2. The van der Waals surface area contributed by atoms with Gasteiger partial charge in [0.05, 0.1) is 5.56 Å². The zero-order chi connectivity index (χ0) is 14.9. The van der Waals surface area contributed by atoms with Crippen LogP contribution in [0.4, 0.5) is 22.0 Å². The second-order valence-electron chi connectivity index (χ2n) is 4.03.